The molecule has 2 N–H and O–H groups in total. The van der Waals surface area contributed by atoms with Crippen LogP contribution in [0, 0.1) is 13.8 Å². The number of aryl methyl sites for hydroxylation is 2. The number of nitrogens with zero attached hydrogens (tertiary/aromatic N) is 2. The van der Waals surface area contributed by atoms with Gasteiger partial charge in [0.25, 0.3) is 0 Å². The van der Waals surface area contributed by atoms with Gasteiger partial charge in [0.1, 0.15) is 17.3 Å². The van der Waals surface area contributed by atoms with Gasteiger partial charge in [0.2, 0.25) is 0 Å². The molecular formula is C18H27N3. The zero-order valence-electron chi connectivity index (χ0n) is 14.3. The fourth-order valence-corrected chi connectivity index (χ4v) is 2.82. The van der Waals surface area contributed by atoms with Gasteiger partial charge in [-0.1, -0.05) is 37.6 Å². The smallest absolute Gasteiger partial charge is 0.132 e. The number of hydrogen-bond acceptors (Lipinski definition) is 2. The lowest BCUT2D eigenvalue weighted by Crippen LogP contribution is -2.26. The maximum atomic E-state index is 6.47. The van der Waals surface area contributed by atoms with E-state index >= 15 is 0 Å². The number of nitrogens with two attached hydrogens (primary N) is 1. The fraction of sp³-hybridized carbons (Fsp3) is 0.500. The molecule has 0 atom stereocenters. The van der Waals surface area contributed by atoms with E-state index in [-0.39, 0.29) is 5.54 Å². The van der Waals surface area contributed by atoms with Gasteiger partial charge >= 0.3 is 0 Å². The molecule has 0 aliphatic carbocycles. The maximum Gasteiger partial charge on any atom is 0.132 e. The van der Waals surface area contributed by atoms with Gasteiger partial charge in [-0.25, -0.2) is 4.98 Å². The summed E-state index contributed by atoms with van der Waals surface area (Å²) in [6, 6.07) is 6.42. The molecule has 0 bridgehead atoms. The third kappa shape index (κ3) is 2.82. The zero-order chi connectivity index (χ0) is 15.9. The van der Waals surface area contributed by atoms with E-state index < -0.39 is 0 Å². The van der Waals surface area contributed by atoms with Gasteiger partial charge in [-0.05, 0) is 40.2 Å². The van der Waals surface area contributed by atoms with Crippen molar-refractivity contribution in [3.05, 3.63) is 35.2 Å². The molecule has 0 aliphatic rings. The molecular weight excluding hydrogens is 258 g/mol. The summed E-state index contributed by atoms with van der Waals surface area (Å²) < 4.78 is 2.17. The summed E-state index contributed by atoms with van der Waals surface area (Å²) in [5.41, 5.74) is 10.9. The van der Waals surface area contributed by atoms with Crippen LogP contribution in [0.3, 0.4) is 0 Å². The molecule has 0 spiro atoms. The summed E-state index contributed by atoms with van der Waals surface area (Å²) in [5, 5.41) is 0. The monoisotopic (exact) mass is 285 g/mol. The van der Waals surface area contributed by atoms with Crippen molar-refractivity contribution in [1.82, 2.24) is 9.55 Å². The van der Waals surface area contributed by atoms with E-state index in [1.54, 1.807) is 0 Å². The van der Waals surface area contributed by atoms with Gasteiger partial charge in [0, 0.05) is 17.0 Å². The molecule has 1 heterocycles. The lowest BCUT2D eigenvalue weighted by molar-refractivity contribution is 0.382. The first kappa shape index (κ1) is 15.6. The first-order chi connectivity index (χ1) is 9.62. The Morgan fingerprint density at radius 2 is 1.76 bits per heavy atom. The van der Waals surface area contributed by atoms with Crippen LogP contribution in [-0.2, 0) is 5.54 Å². The van der Waals surface area contributed by atoms with E-state index in [0.29, 0.717) is 5.92 Å². The Labute approximate surface area is 128 Å². The molecule has 3 nitrogen and oxygen atoms in total. The van der Waals surface area contributed by atoms with E-state index in [1.165, 1.54) is 11.1 Å². The van der Waals surface area contributed by atoms with E-state index in [0.717, 1.165) is 22.9 Å². The molecule has 0 fully saturated rings. The molecule has 0 amide bonds. The Kier molecular flexibility index (Phi) is 3.87. The predicted octanol–water partition coefficient (Wildman–Crippen LogP) is 4.63. The molecule has 2 rings (SSSR count). The van der Waals surface area contributed by atoms with Gasteiger partial charge in [-0.3, -0.25) is 0 Å². The van der Waals surface area contributed by atoms with Crippen LogP contribution in [0.5, 0.6) is 0 Å². The average molecular weight is 285 g/mol. The second-order valence-corrected chi connectivity index (χ2v) is 7.18. The molecule has 0 unspecified atom stereocenters. The lowest BCUT2D eigenvalue weighted by atomic mass is 10.0. The minimum Gasteiger partial charge on any atom is -0.383 e. The van der Waals surface area contributed by atoms with Gasteiger partial charge in [0.05, 0.1) is 0 Å². The summed E-state index contributed by atoms with van der Waals surface area (Å²) in [6.45, 7) is 15.1. The molecule has 0 radical (unpaired) electrons. The quantitative estimate of drug-likeness (QED) is 0.874. The van der Waals surface area contributed by atoms with Crippen molar-refractivity contribution < 1.29 is 0 Å². The molecule has 3 heteroatoms. The predicted molar refractivity (Wildman–Crippen MR) is 90.6 cm³/mol. The average Bonchev–Trinajstić information content (AvgIpc) is 2.67. The standard InChI is InChI=1S/C18H27N3/c1-11(2)17-20-15(16(19)21(17)18(5,6)7)14-9-8-12(3)10-13(14)4/h8-11H,19H2,1-7H3. The van der Waals surface area contributed by atoms with Crippen LogP contribution < -0.4 is 5.73 Å². The number of nitrogen functional groups attached to an aromatic ring is 1. The first-order valence-corrected chi connectivity index (χ1v) is 7.59. The van der Waals surface area contributed by atoms with Crippen molar-refractivity contribution in [2.75, 3.05) is 5.73 Å². The van der Waals surface area contributed by atoms with Gasteiger partial charge in [-0.15, -0.1) is 0 Å². The molecule has 1 aromatic heterocycles. The highest BCUT2D eigenvalue weighted by atomic mass is 15.2. The minimum atomic E-state index is -0.0759. The third-order valence-corrected chi connectivity index (χ3v) is 3.76. The highest BCUT2D eigenvalue weighted by Gasteiger charge is 2.26. The molecule has 114 valence electrons. The molecule has 0 saturated carbocycles. The lowest BCUT2D eigenvalue weighted by Gasteiger charge is -2.26. The Hall–Kier alpha value is -1.77. The molecule has 0 saturated heterocycles. The summed E-state index contributed by atoms with van der Waals surface area (Å²) >= 11 is 0. The van der Waals surface area contributed by atoms with Gasteiger partial charge in [-0.2, -0.15) is 0 Å². The van der Waals surface area contributed by atoms with Gasteiger partial charge in [0.15, 0.2) is 0 Å². The van der Waals surface area contributed by atoms with Crippen molar-refractivity contribution in [2.24, 2.45) is 0 Å². The molecule has 21 heavy (non-hydrogen) atoms. The summed E-state index contributed by atoms with van der Waals surface area (Å²) in [4.78, 5) is 4.87. The Morgan fingerprint density at radius 3 is 2.19 bits per heavy atom. The van der Waals surface area contributed by atoms with Crippen LogP contribution in [0.1, 0.15) is 57.5 Å². The first-order valence-electron chi connectivity index (χ1n) is 7.59. The normalized spacial score (nSPS) is 12.2. The van der Waals surface area contributed by atoms with E-state index in [2.05, 4.69) is 71.2 Å². The van der Waals surface area contributed by atoms with Crippen LogP contribution >= 0.6 is 0 Å². The van der Waals surface area contributed by atoms with E-state index in [9.17, 15) is 0 Å². The summed E-state index contributed by atoms with van der Waals surface area (Å²) in [7, 11) is 0. The number of imidazole rings is 1. The van der Waals surface area contributed by atoms with Crippen molar-refractivity contribution in [2.45, 2.75) is 59.9 Å². The number of hydrogen-bond donors (Lipinski definition) is 1. The van der Waals surface area contributed by atoms with Crippen LogP contribution in [0.2, 0.25) is 0 Å². The molecule has 0 aliphatic heterocycles. The van der Waals surface area contributed by atoms with E-state index in [4.69, 9.17) is 10.7 Å². The summed E-state index contributed by atoms with van der Waals surface area (Å²) in [6.07, 6.45) is 0. The topological polar surface area (TPSA) is 43.8 Å². The Balaban J connectivity index is 2.71. The molecule has 2 aromatic rings. The Morgan fingerprint density at radius 1 is 1.14 bits per heavy atom. The van der Waals surface area contributed by atoms with Gasteiger partial charge < -0.3 is 10.3 Å². The zero-order valence-corrected chi connectivity index (χ0v) is 14.3. The van der Waals surface area contributed by atoms with Crippen molar-refractivity contribution in [1.29, 1.82) is 0 Å². The van der Waals surface area contributed by atoms with Crippen molar-refractivity contribution >= 4 is 5.82 Å². The number of anilines is 1. The molecule has 1 aromatic carbocycles. The van der Waals surface area contributed by atoms with E-state index in [1.807, 2.05) is 0 Å². The second-order valence-electron chi connectivity index (χ2n) is 7.18. The van der Waals surface area contributed by atoms with Crippen LogP contribution in [0.15, 0.2) is 18.2 Å². The largest absolute Gasteiger partial charge is 0.383 e. The highest BCUT2D eigenvalue weighted by molar-refractivity contribution is 5.74. The highest BCUT2D eigenvalue weighted by Crippen LogP contribution is 2.35. The fourth-order valence-electron chi connectivity index (χ4n) is 2.82. The third-order valence-electron chi connectivity index (χ3n) is 3.76. The number of aromatic nitrogens is 2. The second kappa shape index (κ2) is 5.21. The Bertz CT molecular complexity index is 658. The van der Waals surface area contributed by atoms with Crippen LogP contribution in [0.25, 0.3) is 11.3 Å². The van der Waals surface area contributed by atoms with Crippen LogP contribution in [-0.4, -0.2) is 9.55 Å². The number of rotatable bonds is 2. The number of benzene rings is 1. The van der Waals surface area contributed by atoms with Crippen molar-refractivity contribution in [3.63, 3.8) is 0 Å². The summed E-state index contributed by atoms with van der Waals surface area (Å²) in [5.74, 6) is 2.15. The SMILES string of the molecule is Cc1ccc(-c2nc(C(C)C)n(C(C)(C)C)c2N)c(C)c1. The maximum absolute atomic E-state index is 6.47. The van der Waals surface area contributed by atoms with Crippen molar-refractivity contribution in [3.8, 4) is 11.3 Å². The minimum absolute atomic E-state index is 0.0759. The van der Waals surface area contributed by atoms with Crippen LogP contribution in [0.4, 0.5) is 5.82 Å².